The molecular weight excluding hydrogens is 264 g/mol. The molecular formula is C16H20N4O. The standard InChI is InChI=1S/C16H20N4O/c21-16(9-14-7-4-8-17-14)19-15-10-18-20(12-15)11-13-5-2-1-3-6-13/h1-3,5-6,10,12,14,17H,4,7-9,11H2,(H,19,21). The Balaban J connectivity index is 1.53. The topological polar surface area (TPSA) is 59.0 Å². The number of amides is 1. The Hall–Kier alpha value is -2.14. The van der Waals surface area contributed by atoms with Gasteiger partial charge in [-0.1, -0.05) is 30.3 Å². The summed E-state index contributed by atoms with van der Waals surface area (Å²) in [5.74, 6) is 0.0497. The van der Waals surface area contributed by atoms with Crippen molar-refractivity contribution in [2.24, 2.45) is 0 Å². The van der Waals surface area contributed by atoms with Crippen molar-refractivity contribution in [2.75, 3.05) is 11.9 Å². The second kappa shape index (κ2) is 6.54. The number of carbonyl (C=O) groups is 1. The predicted octanol–water partition coefficient (Wildman–Crippen LogP) is 2.01. The van der Waals surface area contributed by atoms with Gasteiger partial charge in [-0.15, -0.1) is 0 Å². The molecule has 110 valence electrons. The highest BCUT2D eigenvalue weighted by molar-refractivity contribution is 5.90. The Labute approximate surface area is 124 Å². The van der Waals surface area contributed by atoms with Crippen LogP contribution in [0, 0.1) is 0 Å². The molecule has 5 nitrogen and oxygen atoms in total. The van der Waals surface area contributed by atoms with Crippen LogP contribution in [-0.2, 0) is 11.3 Å². The highest BCUT2D eigenvalue weighted by Crippen LogP contribution is 2.12. The van der Waals surface area contributed by atoms with Crippen molar-refractivity contribution in [2.45, 2.75) is 31.8 Å². The van der Waals surface area contributed by atoms with E-state index in [0.29, 0.717) is 19.0 Å². The molecule has 0 radical (unpaired) electrons. The molecule has 1 fully saturated rings. The van der Waals surface area contributed by atoms with E-state index in [1.165, 1.54) is 5.56 Å². The molecule has 3 rings (SSSR count). The lowest BCUT2D eigenvalue weighted by atomic mass is 10.1. The molecule has 1 atom stereocenters. The molecule has 1 aliphatic rings. The average Bonchev–Trinajstić information content (AvgIpc) is 3.12. The number of hydrogen-bond donors (Lipinski definition) is 2. The summed E-state index contributed by atoms with van der Waals surface area (Å²) in [5, 5.41) is 10.5. The fourth-order valence-corrected chi connectivity index (χ4v) is 2.65. The summed E-state index contributed by atoms with van der Waals surface area (Å²) < 4.78 is 1.83. The number of benzene rings is 1. The van der Waals surface area contributed by atoms with Gasteiger partial charge < -0.3 is 10.6 Å². The Bertz CT molecular complexity index is 587. The highest BCUT2D eigenvalue weighted by Gasteiger charge is 2.17. The van der Waals surface area contributed by atoms with Gasteiger partial charge in [0.1, 0.15) is 0 Å². The van der Waals surface area contributed by atoms with E-state index in [-0.39, 0.29) is 5.91 Å². The Kier molecular flexibility index (Phi) is 4.31. The summed E-state index contributed by atoms with van der Waals surface area (Å²) in [7, 11) is 0. The second-order valence-electron chi connectivity index (χ2n) is 5.46. The van der Waals surface area contributed by atoms with Gasteiger partial charge in [0.25, 0.3) is 0 Å². The maximum absolute atomic E-state index is 11.9. The molecule has 2 N–H and O–H groups in total. The Morgan fingerprint density at radius 2 is 2.24 bits per heavy atom. The van der Waals surface area contributed by atoms with Crippen molar-refractivity contribution in [1.29, 1.82) is 0 Å². The van der Waals surface area contributed by atoms with E-state index >= 15 is 0 Å². The van der Waals surface area contributed by atoms with E-state index in [9.17, 15) is 4.79 Å². The minimum atomic E-state index is 0.0497. The molecule has 1 aromatic heterocycles. The smallest absolute Gasteiger partial charge is 0.226 e. The van der Waals surface area contributed by atoms with Crippen LogP contribution in [0.4, 0.5) is 5.69 Å². The fourth-order valence-electron chi connectivity index (χ4n) is 2.65. The first-order chi connectivity index (χ1) is 10.3. The molecule has 21 heavy (non-hydrogen) atoms. The molecule has 1 aromatic carbocycles. The zero-order chi connectivity index (χ0) is 14.5. The van der Waals surface area contributed by atoms with Crippen LogP contribution in [-0.4, -0.2) is 28.3 Å². The molecule has 2 aromatic rings. The molecule has 1 aliphatic heterocycles. The van der Waals surface area contributed by atoms with Gasteiger partial charge >= 0.3 is 0 Å². The predicted molar refractivity (Wildman–Crippen MR) is 82.0 cm³/mol. The number of hydrogen-bond acceptors (Lipinski definition) is 3. The van der Waals surface area contributed by atoms with Crippen molar-refractivity contribution < 1.29 is 4.79 Å². The number of carbonyl (C=O) groups excluding carboxylic acids is 1. The average molecular weight is 284 g/mol. The molecule has 1 saturated heterocycles. The third kappa shape index (κ3) is 3.92. The lowest BCUT2D eigenvalue weighted by molar-refractivity contribution is -0.116. The minimum Gasteiger partial charge on any atom is -0.323 e. The molecule has 2 heterocycles. The number of anilines is 1. The first-order valence-corrected chi connectivity index (χ1v) is 7.39. The SMILES string of the molecule is O=C(CC1CCCN1)Nc1cnn(Cc2ccccc2)c1. The van der Waals surface area contributed by atoms with Gasteiger partial charge in [-0.3, -0.25) is 9.48 Å². The maximum Gasteiger partial charge on any atom is 0.226 e. The second-order valence-corrected chi connectivity index (χ2v) is 5.46. The zero-order valence-corrected chi connectivity index (χ0v) is 12.0. The van der Waals surface area contributed by atoms with Crippen LogP contribution in [0.3, 0.4) is 0 Å². The minimum absolute atomic E-state index is 0.0497. The van der Waals surface area contributed by atoms with Crippen LogP contribution < -0.4 is 10.6 Å². The summed E-state index contributed by atoms with van der Waals surface area (Å²) in [5.41, 5.74) is 1.95. The summed E-state index contributed by atoms with van der Waals surface area (Å²) in [6.07, 6.45) is 6.34. The van der Waals surface area contributed by atoms with Crippen molar-refractivity contribution in [3.8, 4) is 0 Å². The van der Waals surface area contributed by atoms with Crippen LogP contribution >= 0.6 is 0 Å². The first-order valence-electron chi connectivity index (χ1n) is 7.39. The largest absolute Gasteiger partial charge is 0.323 e. The first kappa shape index (κ1) is 13.8. The van der Waals surface area contributed by atoms with Crippen LogP contribution in [0.5, 0.6) is 0 Å². The van der Waals surface area contributed by atoms with E-state index in [1.807, 2.05) is 29.1 Å². The van der Waals surface area contributed by atoms with Crippen molar-refractivity contribution in [3.63, 3.8) is 0 Å². The third-order valence-corrected chi connectivity index (χ3v) is 3.70. The summed E-state index contributed by atoms with van der Waals surface area (Å²) >= 11 is 0. The van der Waals surface area contributed by atoms with Crippen LogP contribution in [0.15, 0.2) is 42.7 Å². The van der Waals surface area contributed by atoms with Gasteiger partial charge in [0.05, 0.1) is 18.4 Å². The van der Waals surface area contributed by atoms with Gasteiger partial charge in [0.15, 0.2) is 0 Å². The normalized spacial score (nSPS) is 17.8. The molecule has 5 heteroatoms. The Morgan fingerprint density at radius 1 is 1.38 bits per heavy atom. The lowest BCUT2D eigenvalue weighted by Gasteiger charge is -2.09. The molecule has 0 saturated carbocycles. The van der Waals surface area contributed by atoms with Gasteiger partial charge in [0.2, 0.25) is 5.91 Å². The lowest BCUT2D eigenvalue weighted by Crippen LogP contribution is -2.27. The zero-order valence-electron chi connectivity index (χ0n) is 12.0. The van der Waals surface area contributed by atoms with Gasteiger partial charge in [-0.05, 0) is 24.9 Å². The van der Waals surface area contributed by atoms with Gasteiger partial charge in [-0.25, -0.2) is 0 Å². The van der Waals surface area contributed by atoms with Gasteiger partial charge in [-0.2, -0.15) is 5.10 Å². The molecule has 1 unspecified atom stereocenters. The fraction of sp³-hybridized carbons (Fsp3) is 0.375. The maximum atomic E-state index is 11.9. The number of rotatable bonds is 5. The number of nitrogens with zero attached hydrogens (tertiary/aromatic N) is 2. The van der Waals surface area contributed by atoms with Crippen LogP contribution in [0.2, 0.25) is 0 Å². The van der Waals surface area contributed by atoms with E-state index in [1.54, 1.807) is 6.20 Å². The quantitative estimate of drug-likeness (QED) is 0.883. The van der Waals surface area contributed by atoms with E-state index in [2.05, 4.69) is 27.9 Å². The molecule has 0 bridgehead atoms. The summed E-state index contributed by atoms with van der Waals surface area (Å²) in [4.78, 5) is 11.9. The number of aromatic nitrogens is 2. The molecule has 0 aliphatic carbocycles. The van der Waals surface area contributed by atoms with Crippen molar-refractivity contribution in [1.82, 2.24) is 15.1 Å². The number of nitrogens with one attached hydrogen (secondary N) is 2. The van der Waals surface area contributed by atoms with Crippen LogP contribution in [0.25, 0.3) is 0 Å². The summed E-state index contributed by atoms with van der Waals surface area (Å²) in [6.45, 7) is 1.73. The van der Waals surface area contributed by atoms with E-state index in [4.69, 9.17) is 0 Å². The highest BCUT2D eigenvalue weighted by atomic mass is 16.1. The summed E-state index contributed by atoms with van der Waals surface area (Å²) in [6, 6.07) is 10.5. The molecule has 0 spiro atoms. The van der Waals surface area contributed by atoms with E-state index < -0.39 is 0 Å². The van der Waals surface area contributed by atoms with Crippen LogP contribution in [0.1, 0.15) is 24.8 Å². The van der Waals surface area contributed by atoms with Gasteiger partial charge in [0, 0.05) is 18.7 Å². The van der Waals surface area contributed by atoms with E-state index in [0.717, 1.165) is 25.1 Å². The third-order valence-electron chi connectivity index (χ3n) is 3.70. The van der Waals surface area contributed by atoms with Crippen molar-refractivity contribution in [3.05, 3.63) is 48.3 Å². The monoisotopic (exact) mass is 284 g/mol. The molecule has 1 amide bonds. The Morgan fingerprint density at radius 3 is 3.00 bits per heavy atom. The van der Waals surface area contributed by atoms with Crippen molar-refractivity contribution >= 4 is 11.6 Å².